The maximum absolute atomic E-state index is 9.99. The van der Waals surface area contributed by atoms with Gasteiger partial charge in [-0.2, -0.15) is 0 Å². The Bertz CT molecular complexity index is 634. The maximum Gasteiger partial charge on any atom is 0.166 e. The molecule has 2 rings (SSSR count). The van der Waals surface area contributed by atoms with E-state index in [1.165, 1.54) is 17.6 Å². The van der Waals surface area contributed by atoms with Gasteiger partial charge in [-0.05, 0) is 17.7 Å². The van der Waals surface area contributed by atoms with E-state index < -0.39 is 0 Å². The molecule has 0 unspecified atom stereocenters. The second-order valence-electron chi connectivity index (χ2n) is 5.57. The third-order valence-corrected chi connectivity index (χ3v) is 3.34. The molecule has 22 heavy (non-hydrogen) atoms. The number of phenolic OH excluding ortho intramolecular Hbond substituents is 1. The largest absolute Gasteiger partial charge is 0.504 e. The minimum absolute atomic E-state index is 0.123. The molecule has 4 nitrogen and oxygen atoms in total. The van der Waals surface area contributed by atoms with Gasteiger partial charge >= 0.3 is 0 Å². The molecule has 0 aliphatic carbocycles. The van der Waals surface area contributed by atoms with Crippen LogP contribution in [0.15, 0.2) is 47.5 Å². The Kier molecular flexibility index (Phi) is 5.55. The summed E-state index contributed by atoms with van der Waals surface area (Å²) in [5.41, 5.74) is 3.13. The van der Waals surface area contributed by atoms with Gasteiger partial charge in [0.1, 0.15) is 6.54 Å². The van der Waals surface area contributed by atoms with E-state index in [9.17, 15) is 5.11 Å². The SMILES string of the molecule is COc1cccc(C=NCc2ccc(C[NH+](C)C)cc2)c1O. The van der Waals surface area contributed by atoms with Gasteiger partial charge in [-0.3, -0.25) is 4.99 Å². The lowest BCUT2D eigenvalue weighted by Crippen LogP contribution is -3.04. The van der Waals surface area contributed by atoms with Crippen molar-refractivity contribution in [2.24, 2.45) is 4.99 Å². The number of aliphatic imine (C=N–C) groups is 1. The lowest BCUT2D eigenvalue weighted by atomic mass is 10.1. The van der Waals surface area contributed by atoms with Gasteiger partial charge in [-0.15, -0.1) is 0 Å². The highest BCUT2D eigenvalue weighted by atomic mass is 16.5. The smallest absolute Gasteiger partial charge is 0.166 e. The Hall–Kier alpha value is -2.33. The van der Waals surface area contributed by atoms with Gasteiger partial charge in [0.2, 0.25) is 0 Å². The summed E-state index contributed by atoms with van der Waals surface area (Å²) in [5.74, 6) is 0.581. The van der Waals surface area contributed by atoms with Crippen LogP contribution in [0, 0.1) is 0 Å². The number of nitrogens with one attached hydrogen (secondary N) is 1. The quantitative estimate of drug-likeness (QED) is 0.797. The van der Waals surface area contributed by atoms with E-state index in [4.69, 9.17) is 4.74 Å². The molecule has 0 amide bonds. The first-order chi connectivity index (χ1) is 10.6. The lowest BCUT2D eigenvalue weighted by molar-refractivity contribution is -0.872. The maximum atomic E-state index is 9.99. The van der Waals surface area contributed by atoms with Gasteiger partial charge in [-0.1, -0.05) is 30.3 Å². The second-order valence-corrected chi connectivity index (χ2v) is 5.57. The molecule has 0 aliphatic heterocycles. The zero-order valence-electron chi connectivity index (χ0n) is 13.3. The Morgan fingerprint density at radius 2 is 1.77 bits per heavy atom. The number of hydrogen-bond donors (Lipinski definition) is 2. The van der Waals surface area contributed by atoms with E-state index in [-0.39, 0.29) is 5.75 Å². The summed E-state index contributed by atoms with van der Waals surface area (Å²) < 4.78 is 5.08. The molecule has 0 atom stereocenters. The van der Waals surface area contributed by atoms with Gasteiger partial charge in [0, 0.05) is 17.3 Å². The van der Waals surface area contributed by atoms with Crippen molar-refractivity contribution >= 4 is 6.21 Å². The fourth-order valence-corrected chi connectivity index (χ4v) is 2.23. The number of methoxy groups -OCH3 is 1. The highest BCUT2D eigenvalue weighted by Gasteiger charge is 2.04. The highest BCUT2D eigenvalue weighted by Crippen LogP contribution is 2.28. The fraction of sp³-hybridized carbons (Fsp3) is 0.278. The monoisotopic (exact) mass is 299 g/mol. The van der Waals surface area contributed by atoms with Crippen molar-refractivity contribution in [3.8, 4) is 11.5 Å². The fourth-order valence-electron chi connectivity index (χ4n) is 2.23. The van der Waals surface area contributed by atoms with Crippen LogP contribution >= 0.6 is 0 Å². The van der Waals surface area contributed by atoms with Crippen LogP contribution in [-0.2, 0) is 13.1 Å². The Balaban J connectivity index is 2.00. The van der Waals surface area contributed by atoms with Crippen LogP contribution in [-0.4, -0.2) is 32.5 Å². The zero-order valence-corrected chi connectivity index (χ0v) is 13.3. The Morgan fingerprint density at radius 3 is 2.41 bits per heavy atom. The predicted octanol–water partition coefficient (Wildman–Crippen LogP) is 1.66. The molecule has 0 aliphatic rings. The van der Waals surface area contributed by atoms with Crippen LogP contribution in [0.2, 0.25) is 0 Å². The minimum atomic E-state index is 0.123. The van der Waals surface area contributed by atoms with Crippen LogP contribution in [0.3, 0.4) is 0 Å². The second kappa shape index (κ2) is 7.61. The van der Waals surface area contributed by atoms with E-state index in [1.807, 2.05) is 12.1 Å². The summed E-state index contributed by atoms with van der Waals surface area (Å²) in [6.45, 7) is 1.60. The number of quaternary nitrogens is 1. The minimum Gasteiger partial charge on any atom is -0.504 e. The zero-order chi connectivity index (χ0) is 15.9. The van der Waals surface area contributed by atoms with Crippen LogP contribution < -0.4 is 9.64 Å². The van der Waals surface area contributed by atoms with Crippen molar-refractivity contribution in [1.82, 2.24) is 0 Å². The molecule has 116 valence electrons. The van der Waals surface area contributed by atoms with E-state index in [0.717, 1.165) is 12.1 Å². The van der Waals surface area contributed by atoms with Gasteiger partial charge in [0.05, 0.1) is 27.7 Å². The van der Waals surface area contributed by atoms with E-state index in [2.05, 4.69) is 43.4 Å². The summed E-state index contributed by atoms with van der Waals surface area (Å²) in [6, 6.07) is 13.8. The van der Waals surface area contributed by atoms with Gasteiger partial charge in [0.15, 0.2) is 11.5 Å². The van der Waals surface area contributed by atoms with Crippen LogP contribution in [0.25, 0.3) is 0 Å². The number of para-hydroxylation sites is 1. The van der Waals surface area contributed by atoms with Crippen molar-refractivity contribution in [1.29, 1.82) is 0 Å². The Morgan fingerprint density at radius 1 is 1.09 bits per heavy atom. The molecule has 0 spiro atoms. The third kappa shape index (κ3) is 4.33. The number of ether oxygens (including phenoxy) is 1. The molecule has 0 radical (unpaired) electrons. The molecular weight excluding hydrogens is 276 g/mol. The molecule has 2 aromatic carbocycles. The number of benzene rings is 2. The van der Waals surface area contributed by atoms with Crippen LogP contribution in [0.1, 0.15) is 16.7 Å². The first kappa shape index (κ1) is 16.0. The average molecular weight is 299 g/mol. The van der Waals surface area contributed by atoms with E-state index in [1.54, 1.807) is 12.3 Å². The summed E-state index contributed by atoms with van der Waals surface area (Å²) in [6.07, 6.45) is 1.68. The third-order valence-electron chi connectivity index (χ3n) is 3.34. The number of rotatable bonds is 6. The van der Waals surface area contributed by atoms with Crippen molar-refractivity contribution in [2.45, 2.75) is 13.1 Å². The summed E-state index contributed by atoms with van der Waals surface area (Å²) in [4.78, 5) is 5.80. The molecule has 0 saturated heterocycles. The molecular formula is C18H23N2O2+. The van der Waals surface area contributed by atoms with E-state index in [0.29, 0.717) is 17.9 Å². The van der Waals surface area contributed by atoms with E-state index >= 15 is 0 Å². The topological polar surface area (TPSA) is 46.3 Å². The predicted molar refractivity (Wildman–Crippen MR) is 88.9 cm³/mol. The van der Waals surface area contributed by atoms with Crippen molar-refractivity contribution in [3.05, 3.63) is 59.2 Å². The van der Waals surface area contributed by atoms with Crippen molar-refractivity contribution in [2.75, 3.05) is 21.2 Å². The lowest BCUT2D eigenvalue weighted by Gasteiger charge is -2.07. The first-order valence-electron chi connectivity index (χ1n) is 7.33. The Labute approximate surface area is 131 Å². The summed E-state index contributed by atoms with van der Waals surface area (Å²) in [5, 5.41) is 9.99. The van der Waals surface area contributed by atoms with Gasteiger partial charge in [-0.25, -0.2) is 0 Å². The number of nitrogens with zero attached hydrogens (tertiary/aromatic N) is 1. The van der Waals surface area contributed by atoms with Gasteiger partial charge in [0.25, 0.3) is 0 Å². The molecule has 0 fully saturated rings. The van der Waals surface area contributed by atoms with Crippen molar-refractivity contribution < 1.29 is 14.7 Å². The van der Waals surface area contributed by atoms with Gasteiger partial charge < -0.3 is 14.7 Å². The highest BCUT2D eigenvalue weighted by molar-refractivity contribution is 5.84. The number of aromatic hydroxyl groups is 1. The standard InChI is InChI=1S/C18H22N2O2/c1-20(2)13-15-9-7-14(8-10-15)11-19-12-16-5-4-6-17(22-3)18(16)21/h4-10,12,21H,11,13H2,1-3H3/p+1. The van der Waals surface area contributed by atoms with Crippen molar-refractivity contribution in [3.63, 3.8) is 0 Å². The molecule has 2 N–H and O–H groups in total. The summed E-state index contributed by atoms with van der Waals surface area (Å²) >= 11 is 0. The molecule has 2 aromatic rings. The average Bonchev–Trinajstić information content (AvgIpc) is 2.50. The number of phenols is 1. The molecule has 0 heterocycles. The molecule has 0 aromatic heterocycles. The van der Waals surface area contributed by atoms with Crippen LogP contribution in [0.5, 0.6) is 11.5 Å². The normalized spacial score (nSPS) is 11.3. The first-order valence-corrected chi connectivity index (χ1v) is 7.33. The molecule has 4 heteroatoms. The number of hydrogen-bond acceptors (Lipinski definition) is 3. The molecule has 0 saturated carbocycles. The molecule has 0 bridgehead atoms. The van der Waals surface area contributed by atoms with Crippen LogP contribution in [0.4, 0.5) is 0 Å². The summed E-state index contributed by atoms with van der Waals surface area (Å²) in [7, 11) is 5.81.